The highest BCUT2D eigenvalue weighted by Crippen LogP contribution is 2.16. The van der Waals surface area contributed by atoms with Crippen LogP contribution in [0.15, 0.2) is 65.3 Å². The lowest BCUT2D eigenvalue weighted by Crippen LogP contribution is -2.23. The number of benzene rings is 2. The van der Waals surface area contributed by atoms with E-state index in [0.29, 0.717) is 31.1 Å². The fourth-order valence-electron chi connectivity index (χ4n) is 2.78. The van der Waals surface area contributed by atoms with Crippen LogP contribution in [0, 0.1) is 0 Å². The number of aromatic nitrogens is 3. The van der Waals surface area contributed by atoms with Gasteiger partial charge < -0.3 is 14.8 Å². The topological polar surface area (TPSA) is 83.8 Å². The number of hydrogen-bond acceptors (Lipinski definition) is 4. The van der Waals surface area contributed by atoms with E-state index < -0.39 is 0 Å². The minimum Gasteiger partial charge on any atom is -0.361 e. The summed E-state index contributed by atoms with van der Waals surface area (Å²) in [5.74, 6) is 0.961. The van der Waals surface area contributed by atoms with Crippen LogP contribution in [0.2, 0.25) is 0 Å². The van der Waals surface area contributed by atoms with E-state index in [1.807, 2.05) is 60.8 Å². The summed E-state index contributed by atoms with van der Waals surface area (Å²) in [6.45, 7) is 0.493. The Morgan fingerprint density at radius 1 is 1.12 bits per heavy atom. The number of aromatic amines is 1. The number of aryl methyl sites for hydroxylation is 1. The van der Waals surface area contributed by atoms with Crippen LogP contribution in [0.5, 0.6) is 0 Å². The zero-order valence-corrected chi connectivity index (χ0v) is 14.1. The van der Waals surface area contributed by atoms with Crippen molar-refractivity contribution in [3.8, 4) is 11.4 Å². The molecule has 2 aromatic carbocycles. The number of nitrogens with one attached hydrogen (secondary N) is 2. The van der Waals surface area contributed by atoms with Crippen molar-refractivity contribution in [2.24, 2.45) is 0 Å². The van der Waals surface area contributed by atoms with Crippen LogP contribution >= 0.6 is 0 Å². The number of nitrogens with zero attached hydrogens (tertiary/aromatic N) is 2. The van der Waals surface area contributed by atoms with Crippen LogP contribution in [-0.4, -0.2) is 21.0 Å². The average molecular weight is 346 g/mol. The van der Waals surface area contributed by atoms with E-state index in [4.69, 9.17) is 4.52 Å². The SMILES string of the molecule is O=C(CCc1nc(-c2ccccc2)no1)NCc1ccc2cc[nH]c2c1. The predicted octanol–water partition coefficient (Wildman–Crippen LogP) is 3.47. The molecule has 0 radical (unpaired) electrons. The molecule has 0 aliphatic carbocycles. The molecular weight excluding hydrogens is 328 g/mol. The monoisotopic (exact) mass is 346 g/mol. The molecule has 0 saturated carbocycles. The third-order valence-corrected chi connectivity index (χ3v) is 4.18. The molecule has 6 heteroatoms. The van der Waals surface area contributed by atoms with Crippen LogP contribution < -0.4 is 5.32 Å². The zero-order chi connectivity index (χ0) is 17.8. The smallest absolute Gasteiger partial charge is 0.227 e. The highest BCUT2D eigenvalue weighted by Gasteiger charge is 2.10. The van der Waals surface area contributed by atoms with E-state index in [1.54, 1.807) is 0 Å². The molecule has 2 heterocycles. The number of hydrogen-bond donors (Lipinski definition) is 2. The summed E-state index contributed by atoms with van der Waals surface area (Å²) in [6, 6.07) is 17.7. The van der Waals surface area contributed by atoms with Gasteiger partial charge in [-0.1, -0.05) is 47.6 Å². The van der Waals surface area contributed by atoms with E-state index >= 15 is 0 Å². The summed E-state index contributed by atoms with van der Waals surface area (Å²) in [6.07, 6.45) is 2.63. The Morgan fingerprint density at radius 2 is 2.00 bits per heavy atom. The third kappa shape index (κ3) is 3.64. The zero-order valence-electron chi connectivity index (χ0n) is 14.1. The first-order valence-corrected chi connectivity index (χ1v) is 8.49. The van der Waals surface area contributed by atoms with Gasteiger partial charge in [-0.3, -0.25) is 4.79 Å². The van der Waals surface area contributed by atoms with Crippen molar-refractivity contribution in [3.63, 3.8) is 0 Å². The van der Waals surface area contributed by atoms with Gasteiger partial charge in [-0.2, -0.15) is 4.98 Å². The highest BCUT2D eigenvalue weighted by atomic mass is 16.5. The standard InChI is InChI=1S/C20H18N4O2/c25-18(22-13-14-6-7-15-10-11-21-17(15)12-14)8-9-19-23-20(24-26-19)16-4-2-1-3-5-16/h1-7,10-12,21H,8-9,13H2,(H,22,25). The van der Waals surface area contributed by atoms with Crippen LogP contribution in [0.1, 0.15) is 17.9 Å². The Morgan fingerprint density at radius 3 is 2.88 bits per heavy atom. The van der Waals surface area contributed by atoms with Gasteiger partial charge in [0.2, 0.25) is 17.6 Å². The largest absolute Gasteiger partial charge is 0.361 e. The summed E-state index contributed by atoms with van der Waals surface area (Å²) in [5, 5.41) is 8.04. The molecule has 4 rings (SSSR count). The molecule has 0 unspecified atom stereocenters. The maximum atomic E-state index is 12.1. The van der Waals surface area contributed by atoms with E-state index in [2.05, 4.69) is 20.4 Å². The van der Waals surface area contributed by atoms with Crippen molar-refractivity contribution in [2.45, 2.75) is 19.4 Å². The number of carbonyl (C=O) groups excluding carboxylic acids is 1. The van der Waals surface area contributed by atoms with Crippen LogP contribution in [0.3, 0.4) is 0 Å². The summed E-state index contributed by atoms with van der Waals surface area (Å²) >= 11 is 0. The van der Waals surface area contributed by atoms with E-state index in [1.165, 1.54) is 0 Å². The minimum absolute atomic E-state index is 0.0453. The van der Waals surface area contributed by atoms with Crippen LogP contribution in [0.4, 0.5) is 0 Å². The predicted molar refractivity (Wildman–Crippen MR) is 98.2 cm³/mol. The fourth-order valence-corrected chi connectivity index (χ4v) is 2.78. The molecule has 0 aliphatic heterocycles. The Bertz CT molecular complexity index is 1020. The van der Waals surface area contributed by atoms with Gasteiger partial charge in [0.1, 0.15) is 0 Å². The van der Waals surface area contributed by atoms with Crippen LogP contribution in [0.25, 0.3) is 22.3 Å². The van der Waals surface area contributed by atoms with Gasteiger partial charge >= 0.3 is 0 Å². The van der Waals surface area contributed by atoms with Crippen molar-refractivity contribution >= 4 is 16.8 Å². The lowest BCUT2D eigenvalue weighted by Gasteiger charge is -2.04. The highest BCUT2D eigenvalue weighted by molar-refractivity contribution is 5.80. The van der Waals surface area contributed by atoms with Crippen molar-refractivity contribution in [1.82, 2.24) is 20.4 Å². The number of rotatable bonds is 6. The van der Waals surface area contributed by atoms with Crippen molar-refractivity contribution in [3.05, 3.63) is 72.2 Å². The number of amides is 1. The Balaban J connectivity index is 1.29. The fraction of sp³-hybridized carbons (Fsp3) is 0.150. The second-order valence-corrected chi connectivity index (χ2v) is 6.05. The number of H-pyrrole nitrogens is 1. The molecule has 6 nitrogen and oxygen atoms in total. The number of carbonyl (C=O) groups is 1. The Hall–Kier alpha value is -3.41. The first-order chi connectivity index (χ1) is 12.8. The summed E-state index contributed by atoms with van der Waals surface area (Å²) in [7, 11) is 0. The first kappa shape index (κ1) is 16.1. The molecule has 26 heavy (non-hydrogen) atoms. The van der Waals surface area contributed by atoms with Crippen molar-refractivity contribution < 1.29 is 9.32 Å². The molecule has 2 aromatic heterocycles. The molecule has 0 bridgehead atoms. The molecular formula is C20H18N4O2. The van der Waals surface area contributed by atoms with Gasteiger partial charge in [-0.25, -0.2) is 0 Å². The Kier molecular flexibility index (Phi) is 4.47. The van der Waals surface area contributed by atoms with E-state index in [9.17, 15) is 4.79 Å². The summed E-state index contributed by atoms with van der Waals surface area (Å²) < 4.78 is 5.23. The molecule has 1 amide bonds. The minimum atomic E-state index is -0.0453. The van der Waals surface area contributed by atoms with Gasteiger partial charge in [-0.15, -0.1) is 0 Å². The van der Waals surface area contributed by atoms with E-state index in [-0.39, 0.29) is 5.91 Å². The molecule has 0 fully saturated rings. The lowest BCUT2D eigenvalue weighted by molar-refractivity contribution is -0.121. The molecule has 4 aromatic rings. The second kappa shape index (κ2) is 7.23. The van der Waals surface area contributed by atoms with Gasteiger partial charge in [0.25, 0.3) is 0 Å². The molecule has 130 valence electrons. The average Bonchev–Trinajstić information content (AvgIpc) is 3.34. The van der Waals surface area contributed by atoms with Gasteiger partial charge in [-0.05, 0) is 23.1 Å². The maximum Gasteiger partial charge on any atom is 0.227 e. The third-order valence-electron chi connectivity index (χ3n) is 4.18. The molecule has 0 saturated heterocycles. The molecule has 2 N–H and O–H groups in total. The van der Waals surface area contributed by atoms with Crippen LogP contribution in [-0.2, 0) is 17.8 Å². The summed E-state index contributed by atoms with van der Waals surface area (Å²) in [4.78, 5) is 19.6. The van der Waals surface area contributed by atoms with Crippen molar-refractivity contribution in [2.75, 3.05) is 0 Å². The Labute approximate surface area is 150 Å². The second-order valence-electron chi connectivity index (χ2n) is 6.05. The lowest BCUT2D eigenvalue weighted by atomic mass is 10.1. The number of fused-ring (bicyclic) bond motifs is 1. The van der Waals surface area contributed by atoms with Crippen molar-refractivity contribution in [1.29, 1.82) is 0 Å². The van der Waals surface area contributed by atoms with E-state index in [0.717, 1.165) is 22.0 Å². The maximum absolute atomic E-state index is 12.1. The van der Waals surface area contributed by atoms with Gasteiger partial charge in [0, 0.05) is 36.7 Å². The normalized spacial score (nSPS) is 10.9. The molecule has 0 spiro atoms. The van der Waals surface area contributed by atoms with Gasteiger partial charge in [0.15, 0.2) is 0 Å². The summed E-state index contributed by atoms with van der Waals surface area (Å²) in [5.41, 5.74) is 3.01. The molecule has 0 atom stereocenters. The first-order valence-electron chi connectivity index (χ1n) is 8.49. The van der Waals surface area contributed by atoms with Gasteiger partial charge in [0.05, 0.1) is 0 Å². The quantitative estimate of drug-likeness (QED) is 0.560. The molecule has 0 aliphatic rings.